The Labute approximate surface area is 175 Å². The third kappa shape index (κ3) is 3.17. The summed E-state index contributed by atoms with van der Waals surface area (Å²) in [7, 11) is 0. The standard InChI is InChI=1S/C24H25N3O3/c28-11-9-22(29)26-13-19-14-27(23(20(19)15-26)16-4-2-1-3-5-16)24(30)18-6-7-21-17(12-18)8-10-25-21/h1-8,10,12,19-20,23,25,28H,9,11,13-15H2/t19-,20-,23+/m0/s1. The molecule has 2 fully saturated rings. The number of nitrogens with zero attached hydrogens (tertiary/aromatic N) is 2. The fourth-order valence-electron chi connectivity index (χ4n) is 5.14. The van der Waals surface area contributed by atoms with Crippen molar-refractivity contribution in [1.82, 2.24) is 14.8 Å². The quantitative estimate of drug-likeness (QED) is 0.703. The fourth-order valence-corrected chi connectivity index (χ4v) is 5.14. The van der Waals surface area contributed by atoms with E-state index in [1.165, 1.54) is 0 Å². The average molecular weight is 403 g/mol. The second-order valence-corrected chi connectivity index (χ2v) is 8.29. The average Bonchev–Trinajstić information content (AvgIpc) is 3.47. The van der Waals surface area contributed by atoms with E-state index in [1.54, 1.807) is 0 Å². The number of H-pyrrole nitrogens is 1. The third-order valence-electron chi connectivity index (χ3n) is 6.54. The molecule has 0 unspecified atom stereocenters. The molecule has 1 aromatic heterocycles. The minimum atomic E-state index is -0.126. The van der Waals surface area contributed by atoms with Gasteiger partial charge in [0.15, 0.2) is 0 Å². The summed E-state index contributed by atoms with van der Waals surface area (Å²) in [4.78, 5) is 32.9. The molecule has 5 rings (SSSR count). The number of hydrogen-bond acceptors (Lipinski definition) is 3. The van der Waals surface area contributed by atoms with Crippen LogP contribution in [0.2, 0.25) is 0 Å². The molecule has 2 N–H and O–H groups in total. The molecule has 0 bridgehead atoms. The van der Waals surface area contributed by atoms with Gasteiger partial charge in [0.25, 0.3) is 5.91 Å². The zero-order chi connectivity index (χ0) is 20.7. The van der Waals surface area contributed by atoms with Crippen LogP contribution in [0.25, 0.3) is 10.9 Å². The Morgan fingerprint density at radius 3 is 2.67 bits per heavy atom. The molecule has 2 aliphatic heterocycles. The molecule has 6 nitrogen and oxygen atoms in total. The van der Waals surface area contributed by atoms with Gasteiger partial charge in [-0.1, -0.05) is 30.3 Å². The number of rotatable bonds is 4. The number of fused-ring (bicyclic) bond motifs is 2. The van der Waals surface area contributed by atoms with Gasteiger partial charge in [-0.2, -0.15) is 0 Å². The maximum absolute atomic E-state index is 13.5. The maximum atomic E-state index is 13.5. The summed E-state index contributed by atoms with van der Waals surface area (Å²) in [5.41, 5.74) is 2.82. The maximum Gasteiger partial charge on any atom is 0.254 e. The Morgan fingerprint density at radius 1 is 1.03 bits per heavy atom. The largest absolute Gasteiger partial charge is 0.396 e. The SMILES string of the molecule is O=C(CCO)N1C[C@H]2CN(C(=O)c3ccc4[nH]ccc4c3)[C@H](c3ccccc3)[C@H]2C1. The van der Waals surface area contributed by atoms with E-state index in [1.807, 2.05) is 58.5 Å². The smallest absolute Gasteiger partial charge is 0.254 e. The second-order valence-electron chi connectivity index (χ2n) is 8.29. The highest BCUT2D eigenvalue weighted by Gasteiger charge is 2.50. The lowest BCUT2D eigenvalue weighted by molar-refractivity contribution is -0.131. The number of nitrogens with one attached hydrogen (secondary N) is 1. The Balaban J connectivity index is 1.46. The van der Waals surface area contributed by atoms with Gasteiger partial charge in [-0.05, 0) is 29.8 Å². The summed E-state index contributed by atoms with van der Waals surface area (Å²) in [5.74, 6) is 0.483. The van der Waals surface area contributed by atoms with Gasteiger partial charge in [0, 0.05) is 60.6 Å². The molecule has 154 valence electrons. The van der Waals surface area contributed by atoms with E-state index in [2.05, 4.69) is 17.1 Å². The van der Waals surface area contributed by atoms with E-state index >= 15 is 0 Å². The predicted octanol–water partition coefficient (Wildman–Crippen LogP) is 2.82. The van der Waals surface area contributed by atoms with Crippen LogP contribution < -0.4 is 0 Å². The Morgan fingerprint density at radius 2 is 1.87 bits per heavy atom. The Kier molecular flexibility index (Phi) is 4.79. The van der Waals surface area contributed by atoms with Crippen LogP contribution >= 0.6 is 0 Å². The van der Waals surface area contributed by atoms with E-state index in [0.29, 0.717) is 25.2 Å². The topological polar surface area (TPSA) is 76.6 Å². The van der Waals surface area contributed by atoms with Crippen molar-refractivity contribution in [3.63, 3.8) is 0 Å². The van der Waals surface area contributed by atoms with Crippen LogP contribution in [0.15, 0.2) is 60.8 Å². The van der Waals surface area contributed by atoms with E-state index in [-0.39, 0.29) is 42.7 Å². The van der Waals surface area contributed by atoms with Gasteiger partial charge in [0.2, 0.25) is 5.91 Å². The number of benzene rings is 2. The lowest BCUT2D eigenvalue weighted by atomic mass is 9.89. The number of aliphatic hydroxyl groups excluding tert-OH is 1. The van der Waals surface area contributed by atoms with Crippen LogP contribution in [0.1, 0.15) is 28.4 Å². The number of aromatic amines is 1. The van der Waals surface area contributed by atoms with Gasteiger partial charge in [0.05, 0.1) is 12.6 Å². The first kappa shape index (κ1) is 18.9. The summed E-state index contributed by atoms with van der Waals surface area (Å²) < 4.78 is 0. The molecule has 0 spiro atoms. The van der Waals surface area contributed by atoms with Crippen LogP contribution in [0.3, 0.4) is 0 Å². The number of likely N-dealkylation sites (tertiary alicyclic amines) is 2. The summed E-state index contributed by atoms with van der Waals surface area (Å²) in [6.07, 6.45) is 2.04. The highest BCUT2D eigenvalue weighted by molar-refractivity contribution is 5.98. The van der Waals surface area contributed by atoms with Gasteiger partial charge in [-0.15, -0.1) is 0 Å². The summed E-state index contributed by atoms with van der Waals surface area (Å²) in [5, 5.41) is 10.2. The molecule has 2 saturated heterocycles. The van der Waals surface area contributed by atoms with Crippen molar-refractivity contribution in [2.24, 2.45) is 11.8 Å². The van der Waals surface area contributed by atoms with Gasteiger partial charge in [0.1, 0.15) is 0 Å². The Bertz CT molecular complexity index is 1080. The highest BCUT2D eigenvalue weighted by atomic mass is 16.3. The van der Waals surface area contributed by atoms with Crippen molar-refractivity contribution >= 4 is 22.7 Å². The zero-order valence-corrected chi connectivity index (χ0v) is 16.7. The summed E-state index contributed by atoms with van der Waals surface area (Å²) in [6.45, 7) is 1.79. The first-order chi connectivity index (χ1) is 14.7. The molecular weight excluding hydrogens is 378 g/mol. The molecule has 0 radical (unpaired) electrons. The molecule has 3 heterocycles. The lowest BCUT2D eigenvalue weighted by Crippen LogP contribution is -2.37. The van der Waals surface area contributed by atoms with Gasteiger partial charge < -0.3 is 19.9 Å². The summed E-state index contributed by atoms with van der Waals surface area (Å²) in [6, 6.07) is 17.8. The number of aliphatic hydroxyl groups is 1. The van der Waals surface area contributed by atoms with Crippen LogP contribution in [0, 0.1) is 11.8 Å². The van der Waals surface area contributed by atoms with Crippen LogP contribution in [-0.2, 0) is 4.79 Å². The number of amides is 2. The van der Waals surface area contributed by atoms with E-state index in [9.17, 15) is 9.59 Å². The van der Waals surface area contributed by atoms with Gasteiger partial charge in [-0.3, -0.25) is 9.59 Å². The van der Waals surface area contributed by atoms with Crippen molar-refractivity contribution < 1.29 is 14.7 Å². The van der Waals surface area contributed by atoms with Crippen LogP contribution in [-0.4, -0.2) is 57.9 Å². The molecule has 2 amide bonds. The molecule has 2 aliphatic rings. The zero-order valence-electron chi connectivity index (χ0n) is 16.7. The molecule has 0 aliphatic carbocycles. The molecule has 0 saturated carbocycles. The molecule has 2 aromatic carbocycles. The summed E-state index contributed by atoms with van der Waals surface area (Å²) >= 11 is 0. The van der Waals surface area contributed by atoms with Crippen molar-refractivity contribution in [3.8, 4) is 0 Å². The second kappa shape index (κ2) is 7.61. The third-order valence-corrected chi connectivity index (χ3v) is 6.54. The van der Waals surface area contributed by atoms with Crippen molar-refractivity contribution in [3.05, 3.63) is 71.9 Å². The van der Waals surface area contributed by atoms with Crippen LogP contribution in [0.4, 0.5) is 0 Å². The molecule has 3 atom stereocenters. The predicted molar refractivity (Wildman–Crippen MR) is 114 cm³/mol. The van der Waals surface area contributed by atoms with Gasteiger partial charge >= 0.3 is 0 Å². The number of carbonyl (C=O) groups excluding carboxylic acids is 2. The van der Waals surface area contributed by atoms with E-state index in [0.717, 1.165) is 16.5 Å². The first-order valence-electron chi connectivity index (χ1n) is 10.5. The highest BCUT2D eigenvalue weighted by Crippen LogP contribution is 2.45. The number of carbonyl (C=O) groups is 2. The molecule has 6 heteroatoms. The number of aromatic nitrogens is 1. The Hall–Kier alpha value is -3.12. The molecule has 3 aromatic rings. The fraction of sp³-hybridized carbons (Fsp3) is 0.333. The lowest BCUT2D eigenvalue weighted by Gasteiger charge is -2.30. The van der Waals surface area contributed by atoms with Crippen LogP contribution in [0.5, 0.6) is 0 Å². The monoisotopic (exact) mass is 403 g/mol. The van der Waals surface area contributed by atoms with E-state index < -0.39 is 0 Å². The van der Waals surface area contributed by atoms with E-state index in [4.69, 9.17) is 5.11 Å². The minimum absolute atomic E-state index is 0.00509. The van der Waals surface area contributed by atoms with Crippen molar-refractivity contribution in [2.75, 3.05) is 26.2 Å². The molecular formula is C24H25N3O3. The van der Waals surface area contributed by atoms with Gasteiger partial charge in [-0.25, -0.2) is 0 Å². The minimum Gasteiger partial charge on any atom is -0.396 e. The molecule has 30 heavy (non-hydrogen) atoms. The van der Waals surface area contributed by atoms with Crippen molar-refractivity contribution in [2.45, 2.75) is 12.5 Å². The van der Waals surface area contributed by atoms with Crippen molar-refractivity contribution in [1.29, 1.82) is 0 Å². The number of hydrogen-bond donors (Lipinski definition) is 2. The first-order valence-corrected chi connectivity index (χ1v) is 10.5. The normalized spacial score (nSPS) is 23.2.